The predicted molar refractivity (Wildman–Crippen MR) is 139 cm³/mol. The molecule has 2 aliphatic rings. The SMILES string of the molecule is CC(NC(=O)CN1Cc2ccc(-c3nc(NC4CCOCC4)ncc3Cl)cc2C1=O)c1cccc(O)c1. The van der Waals surface area contributed by atoms with Crippen LogP contribution in [0.25, 0.3) is 11.3 Å². The molecule has 3 aromatic rings. The highest BCUT2D eigenvalue weighted by Crippen LogP contribution is 2.31. The number of fused-ring (bicyclic) bond motifs is 1. The van der Waals surface area contributed by atoms with Crippen molar-refractivity contribution in [2.75, 3.05) is 25.1 Å². The van der Waals surface area contributed by atoms with Crippen LogP contribution in [0.5, 0.6) is 5.75 Å². The molecule has 1 fully saturated rings. The van der Waals surface area contributed by atoms with Crippen molar-refractivity contribution in [1.29, 1.82) is 0 Å². The largest absolute Gasteiger partial charge is 0.508 e. The van der Waals surface area contributed by atoms with E-state index < -0.39 is 0 Å². The number of nitrogens with one attached hydrogen (secondary N) is 2. The van der Waals surface area contributed by atoms with Crippen LogP contribution in [0.4, 0.5) is 5.95 Å². The van der Waals surface area contributed by atoms with E-state index in [9.17, 15) is 14.7 Å². The number of nitrogens with zero attached hydrogens (tertiary/aromatic N) is 3. The van der Waals surface area contributed by atoms with Gasteiger partial charge in [-0.15, -0.1) is 0 Å². The molecule has 1 unspecified atom stereocenters. The summed E-state index contributed by atoms with van der Waals surface area (Å²) in [7, 11) is 0. The van der Waals surface area contributed by atoms with E-state index in [1.165, 1.54) is 4.90 Å². The Balaban J connectivity index is 1.27. The van der Waals surface area contributed by atoms with Gasteiger partial charge in [0.2, 0.25) is 11.9 Å². The van der Waals surface area contributed by atoms with E-state index in [1.807, 2.05) is 25.1 Å². The standard InChI is InChI=1S/C27H28ClN5O4/c1-16(17-3-2-4-21(34)11-17)30-24(35)15-33-14-19-6-5-18(12-22(19)26(33)36)25-23(28)13-29-27(32-25)31-20-7-9-37-10-8-20/h2-6,11-13,16,20,34H,7-10,14-15H2,1H3,(H,30,35)(H,29,31,32). The average molecular weight is 522 g/mol. The minimum absolute atomic E-state index is 0.0700. The Bertz CT molecular complexity index is 1330. The molecule has 1 saturated heterocycles. The van der Waals surface area contributed by atoms with Crippen LogP contribution in [-0.4, -0.2) is 57.6 Å². The summed E-state index contributed by atoms with van der Waals surface area (Å²) in [6, 6.07) is 12.2. The monoisotopic (exact) mass is 521 g/mol. The number of ether oxygens (including phenoxy) is 1. The quantitative estimate of drug-likeness (QED) is 0.431. The lowest BCUT2D eigenvalue weighted by Gasteiger charge is -2.23. The first-order valence-corrected chi connectivity index (χ1v) is 12.6. The van der Waals surface area contributed by atoms with E-state index in [-0.39, 0.29) is 36.2 Å². The van der Waals surface area contributed by atoms with Crippen LogP contribution in [0, 0.1) is 0 Å². The number of hydrogen-bond donors (Lipinski definition) is 3. The predicted octanol–water partition coefficient (Wildman–Crippen LogP) is 3.93. The van der Waals surface area contributed by atoms with Crippen molar-refractivity contribution >= 4 is 29.4 Å². The Kier molecular flexibility index (Phi) is 7.25. The molecule has 1 atom stereocenters. The van der Waals surface area contributed by atoms with Crippen LogP contribution in [-0.2, 0) is 16.1 Å². The molecule has 37 heavy (non-hydrogen) atoms. The van der Waals surface area contributed by atoms with Gasteiger partial charge in [-0.2, -0.15) is 0 Å². The number of hydrogen-bond acceptors (Lipinski definition) is 7. The highest BCUT2D eigenvalue weighted by Gasteiger charge is 2.30. The van der Waals surface area contributed by atoms with Crippen LogP contribution in [0.2, 0.25) is 5.02 Å². The number of rotatable bonds is 7. The summed E-state index contributed by atoms with van der Waals surface area (Å²) in [5.74, 6) is 0.120. The van der Waals surface area contributed by atoms with Crippen molar-refractivity contribution in [2.24, 2.45) is 0 Å². The van der Waals surface area contributed by atoms with Crippen molar-refractivity contribution in [3.63, 3.8) is 0 Å². The summed E-state index contributed by atoms with van der Waals surface area (Å²) < 4.78 is 5.41. The second kappa shape index (κ2) is 10.7. The van der Waals surface area contributed by atoms with Crippen LogP contribution in [0.1, 0.15) is 47.3 Å². The molecule has 3 N–H and O–H groups in total. The van der Waals surface area contributed by atoms with Gasteiger partial charge in [0.25, 0.3) is 5.91 Å². The van der Waals surface area contributed by atoms with Crippen LogP contribution in [0.15, 0.2) is 48.7 Å². The van der Waals surface area contributed by atoms with Crippen molar-refractivity contribution in [1.82, 2.24) is 20.2 Å². The molecule has 0 aliphatic carbocycles. The first-order valence-electron chi connectivity index (χ1n) is 12.2. The van der Waals surface area contributed by atoms with Gasteiger partial charge in [-0.05, 0) is 49.1 Å². The van der Waals surface area contributed by atoms with E-state index in [2.05, 4.69) is 20.6 Å². The molecule has 0 radical (unpaired) electrons. The lowest BCUT2D eigenvalue weighted by molar-refractivity contribution is -0.122. The summed E-state index contributed by atoms with van der Waals surface area (Å²) >= 11 is 6.43. The average Bonchev–Trinajstić information content (AvgIpc) is 3.20. The molecule has 9 nitrogen and oxygen atoms in total. The van der Waals surface area contributed by atoms with Crippen LogP contribution < -0.4 is 10.6 Å². The Labute approximate surface area is 219 Å². The maximum absolute atomic E-state index is 13.2. The smallest absolute Gasteiger partial charge is 0.254 e. The number of aromatic hydroxyl groups is 1. The second-order valence-electron chi connectivity index (χ2n) is 9.34. The number of benzene rings is 2. The number of phenols is 1. The molecule has 0 bridgehead atoms. The van der Waals surface area contributed by atoms with Crippen molar-refractivity contribution in [2.45, 2.75) is 38.4 Å². The fraction of sp³-hybridized carbons (Fsp3) is 0.333. The van der Waals surface area contributed by atoms with E-state index in [0.29, 0.717) is 47.6 Å². The molecule has 3 heterocycles. The number of aromatic nitrogens is 2. The summed E-state index contributed by atoms with van der Waals surface area (Å²) in [6.45, 7) is 3.51. The molecule has 1 aromatic heterocycles. The third-order valence-corrected chi connectivity index (χ3v) is 6.92. The fourth-order valence-corrected chi connectivity index (χ4v) is 4.84. The molecular weight excluding hydrogens is 494 g/mol. The number of halogens is 1. The Morgan fingerprint density at radius 3 is 2.84 bits per heavy atom. The van der Waals surface area contributed by atoms with Crippen molar-refractivity contribution < 1.29 is 19.4 Å². The normalized spacial score (nSPS) is 16.4. The summed E-state index contributed by atoms with van der Waals surface area (Å²) in [5.41, 5.74) is 3.39. The number of carbonyl (C=O) groups is 2. The molecule has 5 rings (SSSR count). The van der Waals surface area contributed by atoms with Gasteiger partial charge in [0.05, 0.1) is 23.0 Å². The molecule has 192 valence electrons. The van der Waals surface area contributed by atoms with Crippen molar-refractivity contribution in [3.8, 4) is 17.0 Å². The van der Waals surface area contributed by atoms with Gasteiger partial charge in [-0.25, -0.2) is 9.97 Å². The van der Waals surface area contributed by atoms with Gasteiger partial charge in [-0.1, -0.05) is 35.9 Å². The lowest BCUT2D eigenvalue weighted by Crippen LogP contribution is -2.38. The Hall–Kier alpha value is -3.69. The van der Waals surface area contributed by atoms with E-state index in [1.54, 1.807) is 30.5 Å². The molecule has 10 heteroatoms. The van der Waals surface area contributed by atoms with E-state index in [0.717, 1.165) is 24.0 Å². The number of carbonyl (C=O) groups excluding carboxylic acids is 2. The van der Waals surface area contributed by atoms with Gasteiger partial charge in [0.1, 0.15) is 12.3 Å². The molecule has 2 amide bonds. The summed E-state index contributed by atoms with van der Waals surface area (Å²) in [5, 5.41) is 16.3. The van der Waals surface area contributed by atoms with Gasteiger partial charge >= 0.3 is 0 Å². The maximum Gasteiger partial charge on any atom is 0.254 e. The van der Waals surface area contributed by atoms with Crippen LogP contribution >= 0.6 is 11.6 Å². The zero-order valence-corrected chi connectivity index (χ0v) is 21.2. The molecule has 0 spiro atoms. The highest BCUT2D eigenvalue weighted by atomic mass is 35.5. The third-order valence-electron chi connectivity index (χ3n) is 6.64. The first kappa shape index (κ1) is 25.0. The Morgan fingerprint density at radius 1 is 1.24 bits per heavy atom. The molecular formula is C27H28ClN5O4. The lowest BCUT2D eigenvalue weighted by atomic mass is 10.0. The molecule has 2 aliphatic heterocycles. The third kappa shape index (κ3) is 5.68. The van der Waals surface area contributed by atoms with Gasteiger partial charge < -0.3 is 25.4 Å². The minimum atomic E-state index is -0.310. The topological polar surface area (TPSA) is 117 Å². The van der Waals surface area contributed by atoms with Crippen LogP contribution in [0.3, 0.4) is 0 Å². The zero-order chi connectivity index (χ0) is 25.9. The summed E-state index contributed by atoms with van der Waals surface area (Å²) in [6.07, 6.45) is 3.32. The Morgan fingerprint density at radius 2 is 2.05 bits per heavy atom. The summed E-state index contributed by atoms with van der Waals surface area (Å²) in [4.78, 5) is 36.3. The second-order valence-corrected chi connectivity index (χ2v) is 9.75. The zero-order valence-electron chi connectivity index (χ0n) is 20.4. The van der Waals surface area contributed by atoms with Gasteiger partial charge in [0, 0.05) is 36.9 Å². The highest BCUT2D eigenvalue weighted by molar-refractivity contribution is 6.33. The molecule has 0 saturated carbocycles. The van der Waals surface area contributed by atoms with E-state index in [4.69, 9.17) is 16.3 Å². The molecule has 2 aromatic carbocycles. The number of anilines is 1. The maximum atomic E-state index is 13.2. The van der Waals surface area contributed by atoms with Gasteiger partial charge in [-0.3, -0.25) is 9.59 Å². The van der Waals surface area contributed by atoms with Gasteiger partial charge in [0.15, 0.2) is 0 Å². The van der Waals surface area contributed by atoms with E-state index >= 15 is 0 Å². The minimum Gasteiger partial charge on any atom is -0.508 e. The number of amides is 2. The fourth-order valence-electron chi connectivity index (χ4n) is 4.64. The first-order chi connectivity index (χ1) is 17.9. The van der Waals surface area contributed by atoms with Crippen molar-refractivity contribution in [3.05, 3.63) is 70.4 Å². The number of phenolic OH excluding ortho intramolecular Hbond substituents is 1.